The molecule has 2 N–H and O–H groups in total. The normalized spacial score (nSPS) is 22.0. The van der Waals surface area contributed by atoms with Crippen LogP contribution in [-0.4, -0.2) is 43.4 Å². The Morgan fingerprint density at radius 2 is 1.81 bits per heavy atom. The van der Waals surface area contributed by atoms with Gasteiger partial charge < -0.3 is 19.9 Å². The van der Waals surface area contributed by atoms with Gasteiger partial charge in [-0.3, -0.25) is 4.90 Å². The third kappa shape index (κ3) is 3.72. The summed E-state index contributed by atoms with van der Waals surface area (Å²) in [4.78, 5) is 2.54. The maximum atomic E-state index is 10.1. The van der Waals surface area contributed by atoms with Crippen LogP contribution >= 0.6 is 0 Å². The second kappa shape index (κ2) is 8.85. The molecule has 1 saturated heterocycles. The summed E-state index contributed by atoms with van der Waals surface area (Å²) in [6.07, 6.45) is 1.06. The summed E-state index contributed by atoms with van der Waals surface area (Å²) in [5.41, 5.74) is 5.92. The molecule has 0 saturated carbocycles. The third-order valence-corrected chi connectivity index (χ3v) is 6.94. The van der Waals surface area contributed by atoms with Gasteiger partial charge in [0.2, 0.25) is 0 Å². The number of hydrogen-bond acceptors (Lipinski definition) is 5. The Balaban J connectivity index is 1.53. The van der Waals surface area contributed by atoms with Crippen molar-refractivity contribution in [3.8, 4) is 22.6 Å². The molecule has 0 bridgehead atoms. The molecule has 0 aromatic heterocycles. The molecule has 0 aliphatic carbocycles. The molecule has 5 nitrogen and oxygen atoms in total. The van der Waals surface area contributed by atoms with Crippen LogP contribution in [0.15, 0.2) is 66.7 Å². The van der Waals surface area contributed by atoms with Gasteiger partial charge in [0, 0.05) is 29.8 Å². The average molecular weight is 431 g/mol. The summed E-state index contributed by atoms with van der Waals surface area (Å²) < 4.78 is 11.0. The lowest BCUT2D eigenvalue weighted by Crippen LogP contribution is -2.41. The maximum absolute atomic E-state index is 10.1. The van der Waals surface area contributed by atoms with Crippen LogP contribution in [0.1, 0.15) is 23.6 Å². The average Bonchev–Trinajstić information content (AvgIpc) is 3.27. The van der Waals surface area contributed by atoms with E-state index in [1.54, 1.807) is 14.2 Å². The predicted molar refractivity (Wildman–Crippen MR) is 127 cm³/mol. The van der Waals surface area contributed by atoms with E-state index in [1.807, 2.05) is 24.3 Å². The predicted octanol–water partition coefficient (Wildman–Crippen LogP) is 4.72. The van der Waals surface area contributed by atoms with E-state index >= 15 is 0 Å². The molecule has 3 atom stereocenters. The van der Waals surface area contributed by atoms with Gasteiger partial charge in [0.25, 0.3) is 0 Å². The number of methoxy groups -OCH3 is 2. The molecule has 0 radical (unpaired) electrons. The van der Waals surface area contributed by atoms with E-state index in [0.717, 1.165) is 42.3 Å². The summed E-state index contributed by atoms with van der Waals surface area (Å²) in [5.74, 6) is 2.15. The summed E-state index contributed by atoms with van der Waals surface area (Å²) in [5, 5.41) is 13.7. The second-order valence-electron chi connectivity index (χ2n) is 8.65. The fourth-order valence-corrected chi connectivity index (χ4v) is 5.37. The largest absolute Gasteiger partial charge is 0.497 e. The topological polar surface area (TPSA) is 54.0 Å². The number of ether oxygens (including phenoxy) is 2. The minimum absolute atomic E-state index is 0.0674. The number of anilines is 1. The molecule has 3 aromatic rings. The Labute approximate surface area is 189 Å². The standard InChI is InChI=1S/C27H30N2O3/c1-31-21-8-5-7-18(14-21)19-10-11-24-23(15-19)27-22(25(17-30)28-24)12-13-29(27)16-20-6-3-4-9-26(20)32-2/h3-11,14-15,22,25,27-28,30H,12-13,16-17H2,1-2H3/t22-,25+,27-/m1/s1. The number of hydrogen-bond donors (Lipinski definition) is 2. The van der Waals surface area contributed by atoms with Gasteiger partial charge in [-0.25, -0.2) is 0 Å². The van der Waals surface area contributed by atoms with Gasteiger partial charge in [-0.15, -0.1) is 0 Å². The van der Waals surface area contributed by atoms with Crippen LogP contribution in [-0.2, 0) is 6.54 Å². The lowest BCUT2D eigenvalue weighted by molar-refractivity contribution is 0.171. The highest BCUT2D eigenvalue weighted by atomic mass is 16.5. The first-order valence-electron chi connectivity index (χ1n) is 11.2. The summed E-state index contributed by atoms with van der Waals surface area (Å²) in [6.45, 7) is 1.96. The summed E-state index contributed by atoms with van der Waals surface area (Å²) >= 11 is 0. The van der Waals surface area contributed by atoms with Gasteiger partial charge >= 0.3 is 0 Å². The molecule has 0 unspecified atom stereocenters. The van der Waals surface area contributed by atoms with E-state index in [0.29, 0.717) is 5.92 Å². The van der Waals surface area contributed by atoms with E-state index in [2.05, 4.69) is 52.7 Å². The molecule has 5 rings (SSSR count). The Morgan fingerprint density at radius 3 is 2.62 bits per heavy atom. The zero-order valence-corrected chi connectivity index (χ0v) is 18.6. The Bertz CT molecular complexity index is 1100. The van der Waals surface area contributed by atoms with Gasteiger partial charge in [0.15, 0.2) is 0 Å². The van der Waals surface area contributed by atoms with Crippen molar-refractivity contribution in [1.82, 2.24) is 4.90 Å². The fourth-order valence-electron chi connectivity index (χ4n) is 5.37. The van der Waals surface area contributed by atoms with Gasteiger partial charge in [-0.2, -0.15) is 0 Å². The molecular weight excluding hydrogens is 400 g/mol. The lowest BCUT2D eigenvalue weighted by Gasteiger charge is -2.39. The minimum Gasteiger partial charge on any atom is -0.497 e. The molecular formula is C27H30N2O3. The monoisotopic (exact) mass is 430 g/mol. The van der Waals surface area contributed by atoms with Gasteiger partial charge in [-0.05, 0) is 60.0 Å². The second-order valence-corrected chi connectivity index (χ2v) is 8.65. The first-order valence-corrected chi connectivity index (χ1v) is 11.2. The fraction of sp³-hybridized carbons (Fsp3) is 0.333. The number of rotatable bonds is 6. The van der Waals surface area contributed by atoms with Crippen molar-refractivity contribution in [3.05, 3.63) is 77.9 Å². The molecule has 32 heavy (non-hydrogen) atoms. The lowest BCUT2D eigenvalue weighted by atomic mass is 9.82. The zero-order chi connectivity index (χ0) is 22.1. The number of benzene rings is 3. The van der Waals surface area contributed by atoms with Crippen molar-refractivity contribution in [2.75, 3.05) is 32.7 Å². The van der Waals surface area contributed by atoms with Gasteiger partial charge in [0.1, 0.15) is 11.5 Å². The van der Waals surface area contributed by atoms with Crippen molar-refractivity contribution < 1.29 is 14.6 Å². The van der Waals surface area contributed by atoms with E-state index in [-0.39, 0.29) is 18.7 Å². The van der Waals surface area contributed by atoms with Crippen molar-refractivity contribution in [2.45, 2.75) is 25.0 Å². The van der Waals surface area contributed by atoms with Gasteiger partial charge in [-0.1, -0.05) is 36.4 Å². The van der Waals surface area contributed by atoms with Crippen LogP contribution in [0.2, 0.25) is 0 Å². The Morgan fingerprint density at radius 1 is 0.969 bits per heavy atom. The first kappa shape index (κ1) is 20.9. The van der Waals surface area contributed by atoms with Crippen molar-refractivity contribution >= 4 is 5.69 Å². The highest BCUT2D eigenvalue weighted by Crippen LogP contribution is 2.48. The van der Waals surface area contributed by atoms with Crippen molar-refractivity contribution in [3.63, 3.8) is 0 Å². The Hall–Kier alpha value is -3.02. The summed E-state index contributed by atoms with van der Waals surface area (Å²) in [7, 11) is 3.43. The molecule has 0 spiro atoms. The smallest absolute Gasteiger partial charge is 0.123 e. The van der Waals surface area contributed by atoms with E-state index in [1.165, 1.54) is 16.7 Å². The summed E-state index contributed by atoms with van der Waals surface area (Å²) in [6, 6.07) is 23.4. The van der Waals surface area contributed by atoms with Crippen LogP contribution in [0.25, 0.3) is 11.1 Å². The molecule has 1 fully saturated rings. The van der Waals surface area contributed by atoms with Crippen LogP contribution in [0.4, 0.5) is 5.69 Å². The zero-order valence-electron chi connectivity index (χ0n) is 18.6. The highest BCUT2D eigenvalue weighted by molar-refractivity contribution is 5.71. The number of aliphatic hydroxyl groups is 1. The number of nitrogens with zero attached hydrogens (tertiary/aromatic N) is 1. The molecule has 2 heterocycles. The quantitative estimate of drug-likeness (QED) is 0.593. The number of nitrogens with one attached hydrogen (secondary N) is 1. The van der Waals surface area contributed by atoms with Crippen LogP contribution in [0, 0.1) is 5.92 Å². The maximum Gasteiger partial charge on any atom is 0.123 e. The molecule has 3 aromatic carbocycles. The van der Waals surface area contributed by atoms with E-state index < -0.39 is 0 Å². The number of aliphatic hydroxyl groups excluding tert-OH is 1. The number of fused-ring (bicyclic) bond motifs is 3. The minimum atomic E-state index is 0.0674. The van der Waals surface area contributed by atoms with E-state index in [9.17, 15) is 5.11 Å². The number of para-hydroxylation sites is 1. The van der Waals surface area contributed by atoms with Crippen LogP contribution in [0.3, 0.4) is 0 Å². The van der Waals surface area contributed by atoms with Gasteiger partial charge in [0.05, 0.1) is 26.9 Å². The molecule has 2 aliphatic heterocycles. The molecule has 166 valence electrons. The number of likely N-dealkylation sites (tertiary alicyclic amines) is 1. The van der Waals surface area contributed by atoms with Crippen LogP contribution < -0.4 is 14.8 Å². The van der Waals surface area contributed by atoms with Crippen LogP contribution in [0.5, 0.6) is 11.5 Å². The van der Waals surface area contributed by atoms with E-state index in [4.69, 9.17) is 9.47 Å². The highest BCUT2D eigenvalue weighted by Gasteiger charge is 2.44. The van der Waals surface area contributed by atoms with Crippen molar-refractivity contribution in [2.24, 2.45) is 5.92 Å². The molecule has 2 aliphatic rings. The van der Waals surface area contributed by atoms with Crippen molar-refractivity contribution in [1.29, 1.82) is 0 Å². The molecule has 0 amide bonds. The first-order chi connectivity index (χ1) is 15.7. The third-order valence-electron chi connectivity index (χ3n) is 6.94. The molecule has 5 heteroatoms. The SMILES string of the molecule is COc1cccc(-c2ccc3c(c2)[C@H]2[C@H](CCN2Cc2ccccc2OC)[C@H](CO)N3)c1. The Kier molecular flexibility index (Phi) is 5.77.